The van der Waals surface area contributed by atoms with Crippen molar-refractivity contribution in [1.29, 1.82) is 0 Å². The number of aromatic carboxylic acids is 1. The number of amides is 1. The number of likely N-dealkylation sites (N-methyl/N-ethyl adjacent to an activating group) is 1. The lowest BCUT2D eigenvalue weighted by atomic mass is 9.94. The molecule has 0 radical (unpaired) electrons. The Balaban J connectivity index is 0.000000355. The lowest BCUT2D eigenvalue weighted by Gasteiger charge is -2.28. The fourth-order valence-electron chi connectivity index (χ4n) is 5.61. The number of halogens is 3. The van der Waals surface area contributed by atoms with Crippen molar-refractivity contribution in [2.45, 2.75) is 50.6 Å². The molecule has 0 spiro atoms. The van der Waals surface area contributed by atoms with E-state index in [4.69, 9.17) is 20.4 Å². The third-order valence-electron chi connectivity index (χ3n) is 8.16. The topological polar surface area (TPSA) is 178 Å². The Labute approximate surface area is 280 Å². The van der Waals surface area contributed by atoms with Crippen LogP contribution in [0.5, 0.6) is 0 Å². The average molecular weight is 685 g/mol. The average Bonchev–Trinajstić information content (AvgIpc) is 3.40. The van der Waals surface area contributed by atoms with Gasteiger partial charge in [-0.2, -0.15) is 20.2 Å². The number of para-hydroxylation sites is 1. The van der Waals surface area contributed by atoms with Gasteiger partial charge in [-0.25, -0.2) is 4.79 Å². The van der Waals surface area contributed by atoms with E-state index < -0.39 is 48.7 Å². The van der Waals surface area contributed by atoms with Crippen LogP contribution in [0.4, 0.5) is 18.9 Å². The first-order valence-electron chi connectivity index (χ1n) is 15.2. The molecule has 4 aromatic rings. The maximum absolute atomic E-state index is 13.7. The van der Waals surface area contributed by atoms with Gasteiger partial charge in [-0.15, -0.1) is 6.54 Å². The smallest absolute Gasteiger partial charge is 0.417 e. The molecule has 6 N–H and O–H groups in total. The molecule has 49 heavy (non-hydrogen) atoms. The molecule has 0 fully saturated rings. The molecular weight excluding hydrogens is 647 g/mol. The number of fused-ring (bicyclic) bond motifs is 2. The van der Waals surface area contributed by atoms with Crippen molar-refractivity contribution >= 4 is 17.6 Å². The summed E-state index contributed by atoms with van der Waals surface area (Å²) < 4.78 is 42.4. The van der Waals surface area contributed by atoms with Crippen molar-refractivity contribution in [1.82, 2.24) is 4.57 Å². The summed E-state index contributed by atoms with van der Waals surface area (Å²) in [6, 6.07) is 20.5. The number of rotatable bonds is 9. The van der Waals surface area contributed by atoms with Crippen LogP contribution in [0.25, 0.3) is 16.4 Å². The van der Waals surface area contributed by atoms with Crippen LogP contribution in [-0.2, 0) is 19.3 Å². The van der Waals surface area contributed by atoms with E-state index in [1.54, 1.807) is 52.8 Å². The normalized spacial score (nSPS) is 15.1. The highest BCUT2D eigenvalue weighted by molar-refractivity contribution is 6.07. The van der Waals surface area contributed by atoms with Crippen LogP contribution < -0.4 is 4.90 Å². The Morgan fingerprint density at radius 3 is 2.14 bits per heavy atom. The molecule has 11 nitrogen and oxygen atoms in total. The molecule has 3 aromatic carbocycles. The van der Waals surface area contributed by atoms with Gasteiger partial charge in [0.15, 0.2) is 0 Å². The van der Waals surface area contributed by atoms with Crippen LogP contribution >= 0.6 is 0 Å². The highest BCUT2D eigenvalue weighted by Gasteiger charge is 2.34. The summed E-state index contributed by atoms with van der Waals surface area (Å²) in [6.45, 7) is 1.43. The minimum atomic E-state index is -4.50. The molecule has 0 aliphatic carbocycles. The fraction of sp³-hybridized carbons (Fsp3) is 0.314. The van der Waals surface area contributed by atoms with E-state index in [1.165, 1.54) is 31.3 Å². The van der Waals surface area contributed by atoms with Gasteiger partial charge < -0.3 is 45.4 Å². The molecule has 1 aliphatic rings. The number of aryl methyl sites for hydroxylation is 1. The van der Waals surface area contributed by atoms with E-state index in [0.717, 1.165) is 11.6 Å². The second-order valence-electron chi connectivity index (χ2n) is 11.5. The number of carboxylic acid groups (broad SMARTS) is 1. The van der Waals surface area contributed by atoms with Crippen molar-refractivity contribution in [3.8, 4) is 11.1 Å². The van der Waals surface area contributed by atoms with Gasteiger partial charge in [0.25, 0.3) is 5.91 Å². The molecule has 5 rings (SSSR count). The lowest BCUT2D eigenvalue weighted by molar-refractivity contribution is -0.137. The summed E-state index contributed by atoms with van der Waals surface area (Å²) in [5.41, 5.74) is 2.84. The van der Waals surface area contributed by atoms with Crippen LogP contribution in [0.1, 0.15) is 43.2 Å². The first-order chi connectivity index (χ1) is 23.2. The number of carbonyl (C=O) groups is 2. The summed E-state index contributed by atoms with van der Waals surface area (Å²) in [5.74, 6) is -1.38. The third-order valence-corrected chi connectivity index (χ3v) is 8.16. The number of benzene rings is 3. The van der Waals surface area contributed by atoms with Crippen LogP contribution in [0, 0.1) is 6.92 Å². The number of hydrogen-bond donors (Lipinski definition) is 6. The van der Waals surface area contributed by atoms with Gasteiger partial charge in [0.2, 0.25) is 0 Å². The molecule has 1 aromatic heterocycles. The van der Waals surface area contributed by atoms with Crippen molar-refractivity contribution in [2.75, 3.05) is 25.1 Å². The molecule has 1 aliphatic heterocycles. The first-order valence-corrected chi connectivity index (χ1v) is 15.2. The summed E-state index contributed by atoms with van der Waals surface area (Å²) in [5, 5.41) is 57.9. The second kappa shape index (κ2) is 15.8. The number of alkyl halides is 3. The van der Waals surface area contributed by atoms with E-state index in [2.05, 4.69) is 5.32 Å². The standard InChI is InChI=1S/C28H21F3N2O3.C7H16NO5/c1-17-14-18(10-12-21(17)22-7-3-4-8-23(22)28(29,30)31)26(34)33-16-20-11-13-25(27(35)36)32(20)15-19-6-2-5-9-24(19)33;1-8-2-4(10)6(12)7(13)5(11)3-9/h2-14H,15-16H2,1H3,(H,35,36);4-7,9-13H,2-3H2,1H3/q;-1/t;4-,5+,6+,7+/m.0/s1. The highest BCUT2D eigenvalue weighted by Crippen LogP contribution is 2.38. The second-order valence-corrected chi connectivity index (χ2v) is 11.5. The largest absolute Gasteiger partial charge is 0.663 e. The number of aliphatic hydroxyl groups is 5. The predicted octanol–water partition coefficient (Wildman–Crippen LogP) is 3.82. The van der Waals surface area contributed by atoms with E-state index in [0.29, 0.717) is 34.6 Å². The van der Waals surface area contributed by atoms with Gasteiger partial charge in [0.1, 0.15) is 24.0 Å². The number of hydrogen-bond acceptors (Lipinski definition) is 7. The molecular formula is C35H37F3N3O8-. The van der Waals surface area contributed by atoms with Gasteiger partial charge in [0.05, 0.1) is 31.4 Å². The zero-order valence-corrected chi connectivity index (χ0v) is 26.6. The number of carbonyl (C=O) groups excluding carboxylic acids is 1. The fourth-order valence-corrected chi connectivity index (χ4v) is 5.61. The quantitative estimate of drug-likeness (QED) is 0.154. The van der Waals surface area contributed by atoms with E-state index in [9.17, 15) is 33.0 Å². The minimum Gasteiger partial charge on any atom is -0.663 e. The summed E-state index contributed by atoms with van der Waals surface area (Å²) in [4.78, 5) is 27.0. The lowest BCUT2D eigenvalue weighted by Crippen LogP contribution is -2.46. The van der Waals surface area contributed by atoms with Gasteiger partial charge in [-0.3, -0.25) is 4.79 Å². The number of aromatic nitrogens is 1. The Morgan fingerprint density at radius 2 is 1.51 bits per heavy atom. The molecule has 0 saturated carbocycles. The monoisotopic (exact) mass is 684 g/mol. The molecule has 0 unspecified atom stereocenters. The zero-order chi connectivity index (χ0) is 36.0. The van der Waals surface area contributed by atoms with Gasteiger partial charge in [0, 0.05) is 16.9 Å². The molecule has 0 saturated heterocycles. The van der Waals surface area contributed by atoms with Crippen molar-refractivity contribution in [3.63, 3.8) is 0 Å². The molecule has 1 amide bonds. The zero-order valence-electron chi connectivity index (χ0n) is 26.6. The summed E-state index contributed by atoms with van der Waals surface area (Å²) in [7, 11) is 1.45. The SMILES string of the molecule is C[N-]C[C@H](O)[C@@H](O)[C@H](O)[C@H](O)CO.Cc1cc(C(=O)N2Cc3ccc(C(=O)O)n3Cc3ccccc32)ccc1-c1ccccc1C(F)(F)F. The van der Waals surface area contributed by atoms with E-state index in [-0.39, 0.29) is 30.3 Å². The Bertz CT molecular complexity index is 1780. The van der Waals surface area contributed by atoms with Gasteiger partial charge >= 0.3 is 12.1 Å². The van der Waals surface area contributed by atoms with Crippen LogP contribution in [0.3, 0.4) is 0 Å². The third kappa shape index (κ3) is 8.36. The summed E-state index contributed by atoms with van der Waals surface area (Å²) >= 11 is 0. The van der Waals surface area contributed by atoms with Crippen molar-refractivity contribution < 1.29 is 53.4 Å². The first kappa shape index (κ1) is 37.3. The minimum absolute atomic E-state index is 0.0314. The van der Waals surface area contributed by atoms with E-state index >= 15 is 0 Å². The van der Waals surface area contributed by atoms with Gasteiger partial charge in [-0.1, -0.05) is 42.5 Å². The number of carboxylic acids is 1. The Morgan fingerprint density at radius 1 is 0.857 bits per heavy atom. The maximum atomic E-state index is 13.7. The molecule has 2 heterocycles. The molecule has 4 atom stereocenters. The molecule has 262 valence electrons. The number of nitrogens with zero attached hydrogens (tertiary/aromatic N) is 3. The molecule has 0 bridgehead atoms. The maximum Gasteiger partial charge on any atom is 0.417 e. The Kier molecular flexibility index (Phi) is 12.0. The summed E-state index contributed by atoms with van der Waals surface area (Å²) in [6.07, 6.45) is -10.3. The predicted molar refractivity (Wildman–Crippen MR) is 174 cm³/mol. The van der Waals surface area contributed by atoms with Crippen molar-refractivity contribution in [3.05, 3.63) is 118 Å². The van der Waals surface area contributed by atoms with Gasteiger partial charge in [-0.05, 0) is 65.6 Å². The molecule has 14 heteroatoms. The van der Waals surface area contributed by atoms with Crippen LogP contribution in [0.2, 0.25) is 0 Å². The Hall–Kier alpha value is -4.57. The number of aliphatic hydroxyl groups excluding tert-OH is 5. The van der Waals surface area contributed by atoms with Crippen molar-refractivity contribution in [2.24, 2.45) is 0 Å². The van der Waals surface area contributed by atoms with Crippen LogP contribution in [0.15, 0.2) is 78.9 Å². The number of anilines is 1. The van der Waals surface area contributed by atoms with Crippen LogP contribution in [-0.4, -0.2) is 91.7 Å². The van der Waals surface area contributed by atoms with E-state index in [1.807, 2.05) is 12.1 Å². The highest BCUT2D eigenvalue weighted by atomic mass is 19.4.